The molecular formula is C19H24N4O2. The number of carbonyl (C=O) groups is 1. The second-order valence-corrected chi connectivity index (χ2v) is 6.24. The zero-order valence-electron chi connectivity index (χ0n) is 14.8. The number of nitrogens with zero attached hydrogens (tertiary/aromatic N) is 3. The first-order valence-electron chi connectivity index (χ1n) is 8.68. The summed E-state index contributed by atoms with van der Waals surface area (Å²) < 4.78 is 5.36. The molecule has 1 saturated heterocycles. The van der Waals surface area contributed by atoms with Crippen LogP contribution in [0.3, 0.4) is 0 Å². The molecule has 1 amide bonds. The molecule has 1 aliphatic heterocycles. The second kappa shape index (κ2) is 7.96. The van der Waals surface area contributed by atoms with Crippen molar-refractivity contribution in [1.82, 2.24) is 14.9 Å². The number of hydrogen-bond donors (Lipinski definition) is 1. The maximum absolute atomic E-state index is 12.7. The SMILES string of the molecule is COc1ccccc1CNc1nc(C)cc(C(=O)N2CCCCC2)n1. The number of hydrogen-bond acceptors (Lipinski definition) is 5. The topological polar surface area (TPSA) is 67.3 Å². The highest BCUT2D eigenvalue weighted by molar-refractivity contribution is 5.92. The lowest BCUT2D eigenvalue weighted by atomic mass is 10.1. The van der Waals surface area contributed by atoms with E-state index >= 15 is 0 Å². The smallest absolute Gasteiger partial charge is 0.272 e. The maximum atomic E-state index is 12.7. The minimum absolute atomic E-state index is 0.00876. The molecule has 0 saturated carbocycles. The Labute approximate surface area is 148 Å². The van der Waals surface area contributed by atoms with Gasteiger partial charge in [-0.3, -0.25) is 4.79 Å². The summed E-state index contributed by atoms with van der Waals surface area (Å²) in [5, 5.41) is 3.20. The monoisotopic (exact) mass is 340 g/mol. The fourth-order valence-electron chi connectivity index (χ4n) is 3.04. The number of amides is 1. The van der Waals surface area contributed by atoms with Gasteiger partial charge in [0.2, 0.25) is 5.95 Å². The molecule has 1 aromatic heterocycles. The Balaban J connectivity index is 1.74. The van der Waals surface area contributed by atoms with E-state index in [4.69, 9.17) is 4.74 Å². The van der Waals surface area contributed by atoms with Crippen molar-refractivity contribution in [3.63, 3.8) is 0 Å². The molecule has 1 fully saturated rings. The molecule has 6 nitrogen and oxygen atoms in total. The molecule has 0 aliphatic carbocycles. The minimum Gasteiger partial charge on any atom is -0.496 e. The minimum atomic E-state index is -0.00876. The molecule has 0 bridgehead atoms. The summed E-state index contributed by atoms with van der Waals surface area (Å²) in [6, 6.07) is 9.55. The average Bonchev–Trinajstić information content (AvgIpc) is 2.66. The van der Waals surface area contributed by atoms with E-state index in [1.54, 1.807) is 13.2 Å². The first kappa shape index (κ1) is 17.2. The van der Waals surface area contributed by atoms with Crippen molar-refractivity contribution in [3.8, 4) is 5.75 Å². The van der Waals surface area contributed by atoms with E-state index in [0.29, 0.717) is 18.2 Å². The number of piperidine rings is 1. The van der Waals surface area contributed by atoms with Crippen molar-refractivity contribution in [3.05, 3.63) is 47.3 Å². The van der Waals surface area contributed by atoms with Crippen molar-refractivity contribution in [2.75, 3.05) is 25.5 Å². The van der Waals surface area contributed by atoms with E-state index < -0.39 is 0 Å². The number of carbonyl (C=O) groups excluding carboxylic acids is 1. The summed E-state index contributed by atoms with van der Waals surface area (Å²) in [4.78, 5) is 23.4. The summed E-state index contributed by atoms with van der Waals surface area (Å²) in [6.07, 6.45) is 3.32. The summed E-state index contributed by atoms with van der Waals surface area (Å²) in [5.74, 6) is 1.27. The Kier molecular flexibility index (Phi) is 5.48. The van der Waals surface area contributed by atoms with Gasteiger partial charge >= 0.3 is 0 Å². The highest BCUT2D eigenvalue weighted by atomic mass is 16.5. The van der Waals surface area contributed by atoms with Crippen molar-refractivity contribution >= 4 is 11.9 Å². The summed E-state index contributed by atoms with van der Waals surface area (Å²) in [7, 11) is 1.65. The molecule has 0 spiro atoms. The van der Waals surface area contributed by atoms with Crippen molar-refractivity contribution in [2.45, 2.75) is 32.7 Å². The number of nitrogens with one attached hydrogen (secondary N) is 1. The van der Waals surface area contributed by atoms with Gasteiger partial charge < -0.3 is 15.0 Å². The lowest BCUT2D eigenvalue weighted by Crippen LogP contribution is -2.36. The fraction of sp³-hybridized carbons (Fsp3) is 0.421. The highest BCUT2D eigenvalue weighted by Gasteiger charge is 2.20. The predicted octanol–water partition coefficient (Wildman–Crippen LogP) is 3.03. The van der Waals surface area contributed by atoms with Crippen LogP contribution in [0.2, 0.25) is 0 Å². The predicted molar refractivity (Wildman–Crippen MR) is 96.8 cm³/mol. The number of aromatic nitrogens is 2. The summed E-state index contributed by atoms with van der Waals surface area (Å²) >= 11 is 0. The first-order valence-corrected chi connectivity index (χ1v) is 8.68. The van der Waals surface area contributed by atoms with E-state index in [9.17, 15) is 4.79 Å². The molecule has 1 aliphatic rings. The number of ether oxygens (including phenoxy) is 1. The standard InChI is InChI=1S/C19H24N4O2/c1-14-12-16(18(24)23-10-6-3-7-11-23)22-19(21-14)20-13-15-8-4-5-9-17(15)25-2/h4-5,8-9,12H,3,6-7,10-11,13H2,1-2H3,(H,20,21,22). The van der Waals surface area contributed by atoms with Crippen molar-refractivity contribution < 1.29 is 9.53 Å². The molecule has 1 N–H and O–H groups in total. The van der Waals surface area contributed by atoms with Crippen LogP contribution in [-0.4, -0.2) is 41.0 Å². The van der Waals surface area contributed by atoms with E-state index in [-0.39, 0.29) is 5.91 Å². The van der Waals surface area contributed by atoms with Crippen LogP contribution in [0.1, 0.15) is 41.0 Å². The van der Waals surface area contributed by atoms with E-state index in [1.807, 2.05) is 36.1 Å². The average molecular weight is 340 g/mol. The van der Waals surface area contributed by atoms with Gasteiger partial charge in [0.15, 0.2) is 0 Å². The number of methoxy groups -OCH3 is 1. The summed E-state index contributed by atoms with van der Waals surface area (Å²) in [6.45, 7) is 4.03. The molecule has 25 heavy (non-hydrogen) atoms. The largest absolute Gasteiger partial charge is 0.496 e. The third-order valence-corrected chi connectivity index (χ3v) is 4.35. The van der Waals surface area contributed by atoms with Crippen LogP contribution in [-0.2, 0) is 6.54 Å². The fourth-order valence-corrected chi connectivity index (χ4v) is 3.04. The van der Waals surface area contributed by atoms with Gasteiger partial charge in [-0.25, -0.2) is 9.97 Å². The molecule has 6 heteroatoms. The van der Waals surface area contributed by atoms with Crippen molar-refractivity contribution in [2.24, 2.45) is 0 Å². The van der Waals surface area contributed by atoms with E-state index in [1.165, 1.54) is 6.42 Å². The second-order valence-electron chi connectivity index (χ2n) is 6.24. The quantitative estimate of drug-likeness (QED) is 0.906. The maximum Gasteiger partial charge on any atom is 0.272 e. The number of benzene rings is 1. The van der Waals surface area contributed by atoms with E-state index in [2.05, 4.69) is 15.3 Å². The Morgan fingerprint density at radius 1 is 1.20 bits per heavy atom. The normalized spacial score (nSPS) is 14.2. The van der Waals surface area contributed by atoms with Crippen LogP contribution < -0.4 is 10.1 Å². The molecule has 3 rings (SSSR count). The lowest BCUT2D eigenvalue weighted by Gasteiger charge is -2.26. The van der Waals surface area contributed by atoms with Gasteiger partial charge in [-0.1, -0.05) is 18.2 Å². The highest BCUT2D eigenvalue weighted by Crippen LogP contribution is 2.19. The number of anilines is 1. The molecule has 0 atom stereocenters. The zero-order chi connectivity index (χ0) is 17.6. The van der Waals surface area contributed by atoms with Gasteiger partial charge in [0.05, 0.1) is 7.11 Å². The first-order chi connectivity index (χ1) is 12.2. The van der Waals surface area contributed by atoms with Gasteiger partial charge in [0, 0.05) is 30.9 Å². The zero-order valence-corrected chi connectivity index (χ0v) is 14.8. The number of likely N-dealkylation sites (tertiary alicyclic amines) is 1. The lowest BCUT2D eigenvalue weighted by molar-refractivity contribution is 0.0718. The molecular weight excluding hydrogens is 316 g/mol. The van der Waals surface area contributed by atoms with Crippen LogP contribution >= 0.6 is 0 Å². The van der Waals surface area contributed by atoms with Gasteiger partial charge in [-0.05, 0) is 38.3 Å². The van der Waals surface area contributed by atoms with Gasteiger partial charge in [0.1, 0.15) is 11.4 Å². The summed E-state index contributed by atoms with van der Waals surface area (Å²) in [5.41, 5.74) is 2.24. The molecule has 0 radical (unpaired) electrons. The van der Waals surface area contributed by atoms with Gasteiger partial charge in [0.25, 0.3) is 5.91 Å². The van der Waals surface area contributed by atoms with Gasteiger partial charge in [-0.15, -0.1) is 0 Å². The van der Waals surface area contributed by atoms with Gasteiger partial charge in [-0.2, -0.15) is 0 Å². The molecule has 1 aromatic carbocycles. The Morgan fingerprint density at radius 2 is 1.96 bits per heavy atom. The Morgan fingerprint density at radius 3 is 2.72 bits per heavy atom. The number of aryl methyl sites for hydroxylation is 1. The van der Waals surface area contributed by atoms with E-state index in [0.717, 1.165) is 42.9 Å². The van der Waals surface area contributed by atoms with Crippen LogP contribution in [0, 0.1) is 6.92 Å². The van der Waals surface area contributed by atoms with Crippen LogP contribution in [0.25, 0.3) is 0 Å². The Hall–Kier alpha value is -2.63. The number of rotatable bonds is 5. The third-order valence-electron chi connectivity index (χ3n) is 4.35. The van der Waals surface area contributed by atoms with Crippen LogP contribution in [0.15, 0.2) is 30.3 Å². The Bertz CT molecular complexity index is 742. The van der Waals surface area contributed by atoms with Crippen molar-refractivity contribution in [1.29, 1.82) is 0 Å². The van der Waals surface area contributed by atoms with Crippen LogP contribution in [0.4, 0.5) is 5.95 Å². The molecule has 2 aromatic rings. The molecule has 0 unspecified atom stereocenters. The van der Waals surface area contributed by atoms with Crippen LogP contribution in [0.5, 0.6) is 5.75 Å². The molecule has 132 valence electrons. The number of para-hydroxylation sites is 1. The molecule has 2 heterocycles. The third kappa shape index (κ3) is 4.26.